The van der Waals surface area contributed by atoms with Crippen LogP contribution in [0.5, 0.6) is 5.75 Å². The Hall–Kier alpha value is -1.20. The average Bonchev–Trinajstić information content (AvgIpc) is 2.70. The largest absolute Gasteiger partial charge is 0.435 e. The average molecular weight is 284 g/mol. The number of benzene rings is 1. The topological polar surface area (TPSA) is 47.3 Å². The highest BCUT2D eigenvalue weighted by Crippen LogP contribution is 2.33. The molecule has 3 nitrogen and oxygen atoms in total. The summed E-state index contributed by atoms with van der Waals surface area (Å²) in [5.41, 5.74) is 3.92. The van der Waals surface area contributed by atoms with Gasteiger partial charge in [0.25, 0.3) is 0 Å². The number of rotatable bonds is 5. The van der Waals surface area contributed by atoms with E-state index in [4.69, 9.17) is 5.84 Å². The summed E-state index contributed by atoms with van der Waals surface area (Å²) in [6, 6.07) is 6.85. The standard InChI is InChI=1S/C15H22F2N2O/c16-15(17)20-13-9-7-12(8-10-13)14(19-18)11-5-3-1-2-4-6-11/h7-11,14-15,19H,1-6,18H2. The van der Waals surface area contributed by atoms with Crippen molar-refractivity contribution in [3.63, 3.8) is 0 Å². The van der Waals surface area contributed by atoms with Crippen LogP contribution in [0.3, 0.4) is 0 Å². The summed E-state index contributed by atoms with van der Waals surface area (Å²) in [6.07, 6.45) is 7.35. The molecule has 1 aliphatic carbocycles. The van der Waals surface area contributed by atoms with Crippen LogP contribution in [0.25, 0.3) is 0 Å². The van der Waals surface area contributed by atoms with Gasteiger partial charge < -0.3 is 4.74 Å². The second-order valence-electron chi connectivity index (χ2n) is 5.34. The molecule has 0 spiro atoms. The summed E-state index contributed by atoms with van der Waals surface area (Å²) in [5, 5.41) is 0. The van der Waals surface area contributed by atoms with Crippen LogP contribution in [0, 0.1) is 5.92 Å². The van der Waals surface area contributed by atoms with Gasteiger partial charge in [-0.3, -0.25) is 11.3 Å². The second-order valence-corrected chi connectivity index (χ2v) is 5.34. The molecular formula is C15H22F2N2O. The summed E-state index contributed by atoms with van der Waals surface area (Å²) in [5.74, 6) is 6.39. The number of alkyl halides is 2. The third-order valence-electron chi connectivity index (χ3n) is 4.02. The van der Waals surface area contributed by atoms with Gasteiger partial charge in [0.1, 0.15) is 5.75 Å². The van der Waals surface area contributed by atoms with Gasteiger partial charge in [-0.2, -0.15) is 8.78 Å². The van der Waals surface area contributed by atoms with Gasteiger partial charge in [-0.25, -0.2) is 0 Å². The van der Waals surface area contributed by atoms with E-state index in [-0.39, 0.29) is 11.8 Å². The van der Waals surface area contributed by atoms with Crippen molar-refractivity contribution < 1.29 is 13.5 Å². The van der Waals surface area contributed by atoms with Crippen LogP contribution in [0.2, 0.25) is 0 Å². The van der Waals surface area contributed by atoms with Gasteiger partial charge in [0.2, 0.25) is 0 Å². The normalized spacial score (nSPS) is 18.8. The molecule has 2 rings (SSSR count). The van der Waals surface area contributed by atoms with E-state index in [1.54, 1.807) is 12.1 Å². The molecule has 0 bridgehead atoms. The van der Waals surface area contributed by atoms with Crippen molar-refractivity contribution in [2.24, 2.45) is 11.8 Å². The van der Waals surface area contributed by atoms with Crippen molar-refractivity contribution in [3.8, 4) is 5.75 Å². The maximum atomic E-state index is 12.1. The van der Waals surface area contributed by atoms with Crippen LogP contribution in [0.15, 0.2) is 24.3 Å². The van der Waals surface area contributed by atoms with Crippen LogP contribution < -0.4 is 16.0 Å². The van der Waals surface area contributed by atoms with E-state index >= 15 is 0 Å². The van der Waals surface area contributed by atoms with Crippen molar-refractivity contribution in [1.29, 1.82) is 0 Å². The number of hydrazine groups is 1. The second kappa shape index (κ2) is 7.55. The molecule has 1 saturated carbocycles. The molecule has 0 saturated heterocycles. The molecule has 1 atom stereocenters. The Morgan fingerprint density at radius 2 is 1.65 bits per heavy atom. The molecular weight excluding hydrogens is 262 g/mol. The van der Waals surface area contributed by atoms with Gasteiger partial charge in [-0.15, -0.1) is 0 Å². The quantitative estimate of drug-likeness (QED) is 0.491. The predicted molar refractivity (Wildman–Crippen MR) is 74.3 cm³/mol. The predicted octanol–water partition coefficient (Wildman–Crippen LogP) is 3.76. The lowest BCUT2D eigenvalue weighted by atomic mass is 9.87. The molecule has 3 N–H and O–H groups in total. The molecule has 20 heavy (non-hydrogen) atoms. The number of hydrogen-bond donors (Lipinski definition) is 2. The van der Waals surface area contributed by atoms with E-state index in [2.05, 4.69) is 10.2 Å². The van der Waals surface area contributed by atoms with Crippen LogP contribution >= 0.6 is 0 Å². The molecule has 0 aliphatic heterocycles. The number of nitrogens with one attached hydrogen (secondary N) is 1. The molecule has 1 unspecified atom stereocenters. The van der Waals surface area contributed by atoms with Crippen LogP contribution in [0.4, 0.5) is 8.78 Å². The van der Waals surface area contributed by atoms with Gasteiger partial charge in [0, 0.05) is 6.04 Å². The minimum absolute atomic E-state index is 0.0775. The van der Waals surface area contributed by atoms with E-state index in [0.717, 1.165) is 18.4 Å². The first kappa shape index (κ1) is 15.2. The highest BCUT2D eigenvalue weighted by molar-refractivity contribution is 5.29. The van der Waals surface area contributed by atoms with Gasteiger partial charge in [0.15, 0.2) is 0 Å². The molecule has 0 heterocycles. The Morgan fingerprint density at radius 3 is 2.15 bits per heavy atom. The fourth-order valence-electron chi connectivity index (χ4n) is 3.01. The van der Waals surface area contributed by atoms with E-state index < -0.39 is 6.61 Å². The molecule has 0 aromatic heterocycles. The van der Waals surface area contributed by atoms with Crippen LogP contribution in [-0.2, 0) is 0 Å². The lowest BCUT2D eigenvalue weighted by Gasteiger charge is -2.26. The zero-order valence-electron chi connectivity index (χ0n) is 11.5. The summed E-state index contributed by atoms with van der Waals surface area (Å²) in [6.45, 7) is -2.79. The Kier molecular flexibility index (Phi) is 5.73. The van der Waals surface area contributed by atoms with Crippen LogP contribution in [0.1, 0.15) is 50.1 Å². The van der Waals surface area contributed by atoms with E-state index in [0.29, 0.717) is 5.92 Å². The van der Waals surface area contributed by atoms with Crippen molar-refractivity contribution in [2.75, 3.05) is 0 Å². The Labute approximate surface area is 118 Å². The molecule has 1 aliphatic rings. The fourth-order valence-corrected chi connectivity index (χ4v) is 3.01. The highest BCUT2D eigenvalue weighted by atomic mass is 19.3. The van der Waals surface area contributed by atoms with Gasteiger partial charge in [-0.1, -0.05) is 37.8 Å². The Morgan fingerprint density at radius 1 is 1.05 bits per heavy atom. The molecule has 1 aromatic rings. The third-order valence-corrected chi connectivity index (χ3v) is 4.02. The summed E-state index contributed by atoms with van der Waals surface area (Å²) >= 11 is 0. The van der Waals surface area contributed by atoms with Gasteiger partial charge in [0.05, 0.1) is 0 Å². The molecule has 0 amide bonds. The maximum absolute atomic E-state index is 12.1. The number of nitrogens with two attached hydrogens (primary N) is 1. The molecule has 1 aromatic carbocycles. The van der Waals surface area contributed by atoms with E-state index in [1.165, 1.54) is 25.7 Å². The molecule has 0 radical (unpaired) electrons. The minimum Gasteiger partial charge on any atom is -0.435 e. The van der Waals surface area contributed by atoms with Crippen LogP contribution in [-0.4, -0.2) is 6.61 Å². The molecule has 5 heteroatoms. The van der Waals surface area contributed by atoms with E-state index in [1.807, 2.05) is 12.1 Å². The third kappa shape index (κ3) is 4.15. The van der Waals surface area contributed by atoms with Crippen molar-refractivity contribution in [3.05, 3.63) is 29.8 Å². The Bertz CT molecular complexity index is 389. The molecule has 1 fully saturated rings. The number of ether oxygens (including phenoxy) is 1. The monoisotopic (exact) mass is 284 g/mol. The van der Waals surface area contributed by atoms with Gasteiger partial charge in [-0.05, 0) is 36.5 Å². The zero-order valence-corrected chi connectivity index (χ0v) is 11.5. The molecule has 112 valence electrons. The van der Waals surface area contributed by atoms with Gasteiger partial charge >= 0.3 is 6.61 Å². The zero-order chi connectivity index (χ0) is 14.4. The van der Waals surface area contributed by atoms with Crippen molar-refractivity contribution >= 4 is 0 Å². The highest BCUT2D eigenvalue weighted by Gasteiger charge is 2.23. The maximum Gasteiger partial charge on any atom is 0.387 e. The minimum atomic E-state index is -2.79. The number of hydrogen-bond acceptors (Lipinski definition) is 3. The lowest BCUT2D eigenvalue weighted by Crippen LogP contribution is -2.33. The Balaban J connectivity index is 2.06. The summed E-state index contributed by atoms with van der Waals surface area (Å²) in [4.78, 5) is 0. The van der Waals surface area contributed by atoms with Crippen molar-refractivity contribution in [2.45, 2.75) is 51.2 Å². The smallest absolute Gasteiger partial charge is 0.387 e. The lowest BCUT2D eigenvalue weighted by molar-refractivity contribution is -0.0498. The number of halogens is 2. The summed E-state index contributed by atoms with van der Waals surface area (Å²) < 4.78 is 28.6. The fraction of sp³-hybridized carbons (Fsp3) is 0.600. The van der Waals surface area contributed by atoms with E-state index in [9.17, 15) is 8.78 Å². The first-order valence-electron chi connectivity index (χ1n) is 7.21. The first-order valence-corrected chi connectivity index (χ1v) is 7.21. The summed E-state index contributed by atoms with van der Waals surface area (Å²) in [7, 11) is 0. The van der Waals surface area contributed by atoms with Crippen molar-refractivity contribution in [1.82, 2.24) is 5.43 Å². The SMILES string of the molecule is NNC(c1ccc(OC(F)F)cc1)C1CCCCCC1. The first-order chi connectivity index (χ1) is 9.70.